The monoisotopic (exact) mass is 292 g/mol. The highest BCUT2D eigenvalue weighted by Crippen LogP contribution is 2.41. The van der Waals surface area contributed by atoms with Gasteiger partial charge < -0.3 is 9.73 Å². The summed E-state index contributed by atoms with van der Waals surface area (Å²) in [5.41, 5.74) is 0. The van der Waals surface area contributed by atoms with Crippen LogP contribution in [0.15, 0.2) is 22.8 Å². The number of aromatic nitrogens is 2. The second kappa shape index (κ2) is 5.62. The maximum Gasteiger partial charge on any atom is 0.321 e. The van der Waals surface area contributed by atoms with E-state index in [4.69, 9.17) is 4.42 Å². The maximum absolute atomic E-state index is 11.8. The molecule has 0 bridgehead atoms. The summed E-state index contributed by atoms with van der Waals surface area (Å²) in [4.78, 5) is 11.8. The average molecular weight is 292 g/mol. The molecule has 2 N–H and O–H groups in total. The third-order valence-corrected chi connectivity index (χ3v) is 4.05. The molecule has 20 heavy (non-hydrogen) atoms. The fraction of sp³-hybridized carbons (Fsp3) is 0.462. The van der Waals surface area contributed by atoms with Gasteiger partial charge in [0.15, 0.2) is 0 Å². The second-order valence-electron chi connectivity index (χ2n) is 5.00. The summed E-state index contributed by atoms with van der Waals surface area (Å²) in [7, 11) is 0. The number of nitrogens with one attached hydrogen (secondary N) is 2. The highest BCUT2D eigenvalue weighted by molar-refractivity contribution is 7.15. The molecular weight excluding hydrogens is 276 g/mol. The number of rotatable bonds is 5. The Kier molecular flexibility index (Phi) is 3.68. The Labute approximate surface area is 120 Å². The number of carbonyl (C=O) groups is 1. The van der Waals surface area contributed by atoms with Gasteiger partial charge in [-0.25, -0.2) is 4.79 Å². The lowest BCUT2D eigenvalue weighted by atomic mass is 10.2. The first-order valence-corrected chi connectivity index (χ1v) is 7.45. The lowest BCUT2D eigenvalue weighted by Crippen LogP contribution is -2.37. The van der Waals surface area contributed by atoms with E-state index in [2.05, 4.69) is 20.8 Å². The lowest BCUT2D eigenvalue weighted by molar-refractivity contribution is 0.248. The van der Waals surface area contributed by atoms with E-state index in [0.717, 1.165) is 10.8 Å². The Morgan fingerprint density at radius 1 is 1.55 bits per heavy atom. The molecule has 7 heteroatoms. The van der Waals surface area contributed by atoms with E-state index < -0.39 is 0 Å². The number of carbonyl (C=O) groups excluding carboxylic acids is 1. The van der Waals surface area contributed by atoms with Gasteiger partial charge in [0.25, 0.3) is 0 Å². The molecule has 0 spiro atoms. The normalized spacial score (nSPS) is 15.8. The Morgan fingerprint density at radius 2 is 2.40 bits per heavy atom. The summed E-state index contributed by atoms with van der Waals surface area (Å²) >= 11 is 1.45. The summed E-state index contributed by atoms with van der Waals surface area (Å²) in [6, 6.07) is 3.45. The molecule has 0 radical (unpaired) electrons. The fourth-order valence-electron chi connectivity index (χ4n) is 1.92. The van der Waals surface area contributed by atoms with Crippen molar-refractivity contribution in [2.24, 2.45) is 0 Å². The van der Waals surface area contributed by atoms with Crippen molar-refractivity contribution in [2.75, 3.05) is 5.32 Å². The average Bonchev–Trinajstić information content (AvgIpc) is 2.93. The lowest BCUT2D eigenvalue weighted by Gasteiger charge is -2.12. The summed E-state index contributed by atoms with van der Waals surface area (Å²) in [5, 5.41) is 15.2. The van der Waals surface area contributed by atoms with Gasteiger partial charge in [0.2, 0.25) is 5.13 Å². The zero-order valence-corrected chi connectivity index (χ0v) is 11.9. The van der Waals surface area contributed by atoms with Crippen molar-refractivity contribution >= 4 is 22.5 Å². The number of urea groups is 1. The molecule has 106 valence electrons. The molecule has 0 unspecified atom stereocenters. The smallest absolute Gasteiger partial charge is 0.321 e. The van der Waals surface area contributed by atoms with Gasteiger partial charge in [0, 0.05) is 18.4 Å². The minimum Gasteiger partial charge on any atom is -0.469 e. The van der Waals surface area contributed by atoms with Crippen LogP contribution in [0.25, 0.3) is 0 Å². The topological polar surface area (TPSA) is 80.0 Å². The number of furan rings is 1. The first-order valence-electron chi connectivity index (χ1n) is 6.64. The van der Waals surface area contributed by atoms with Gasteiger partial charge in [-0.1, -0.05) is 11.3 Å². The quantitative estimate of drug-likeness (QED) is 0.888. The Morgan fingerprint density at radius 3 is 3.10 bits per heavy atom. The van der Waals surface area contributed by atoms with Crippen LogP contribution in [0, 0.1) is 0 Å². The van der Waals surface area contributed by atoms with Crippen LogP contribution in [0.1, 0.15) is 36.5 Å². The van der Waals surface area contributed by atoms with Crippen molar-refractivity contribution < 1.29 is 9.21 Å². The van der Waals surface area contributed by atoms with E-state index in [0.29, 0.717) is 17.5 Å². The molecule has 1 aliphatic rings. The summed E-state index contributed by atoms with van der Waals surface area (Å²) < 4.78 is 5.25. The predicted molar refractivity (Wildman–Crippen MR) is 75.9 cm³/mol. The Hall–Kier alpha value is -1.89. The van der Waals surface area contributed by atoms with Crippen molar-refractivity contribution in [3.63, 3.8) is 0 Å². The zero-order valence-electron chi connectivity index (χ0n) is 11.1. The molecule has 2 amide bonds. The van der Waals surface area contributed by atoms with Crippen LogP contribution in [0.4, 0.5) is 9.93 Å². The molecule has 6 nitrogen and oxygen atoms in total. The molecule has 3 rings (SSSR count). The summed E-state index contributed by atoms with van der Waals surface area (Å²) in [6.45, 7) is 1.93. The Balaban J connectivity index is 1.48. The molecule has 1 fully saturated rings. The van der Waals surface area contributed by atoms with Gasteiger partial charge >= 0.3 is 6.03 Å². The minimum atomic E-state index is -0.262. The molecule has 0 saturated heterocycles. The molecule has 0 aromatic carbocycles. The third-order valence-electron chi connectivity index (χ3n) is 3.05. The van der Waals surface area contributed by atoms with E-state index in [-0.39, 0.29) is 12.1 Å². The van der Waals surface area contributed by atoms with Crippen molar-refractivity contribution in [3.8, 4) is 0 Å². The van der Waals surface area contributed by atoms with Gasteiger partial charge in [-0.05, 0) is 31.9 Å². The zero-order chi connectivity index (χ0) is 13.9. The molecule has 0 aliphatic heterocycles. The van der Waals surface area contributed by atoms with Gasteiger partial charge in [0.1, 0.15) is 10.8 Å². The predicted octanol–water partition coefficient (Wildman–Crippen LogP) is 2.76. The number of hydrogen-bond donors (Lipinski definition) is 2. The first-order chi connectivity index (χ1) is 9.70. The van der Waals surface area contributed by atoms with Crippen molar-refractivity contribution in [1.82, 2.24) is 15.5 Å². The standard InChI is InChI=1S/C13H16N4O2S/c1-8(7-10-3-2-6-19-10)14-12(18)15-13-17-16-11(20-13)9-4-5-9/h2-3,6,8-9H,4-5,7H2,1H3,(H2,14,15,17,18)/t8-/m1/s1. The van der Waals surface area contributed by atoms with E-state index in [1.54, 1.807) is 6.26 Å². The SMILES string of the molecule is C[C@H](Cc1ccco1)NC(=O)Nc1nnc(C2CC2)s1. The summed E-state index contributed by atoms with van der Waals surface area (Å²) in [6.07, 6.45) is 4.65. The number of hydrogen-bond acceptors (Lipinski definition) is 5. The van der Waals surface area contributed by atoms with Crippen LogP contribution in [0.2, 0.25) is 0 Å². The molecule has 1 atom stereocenters. The fourth-order valence-corrected chi connectivity index (χ4v) is 2.83. The van der Waals surface area contributed by atoms with Crippen LogP contribution in [-0.4, -0.2) is 22.3 Å². The molecular formula is C13H16N4O2S. The van der Waals surface area contributed by atoms with E-state index in [9.17, 15) is 4.79 Å². The van der Waals surface area contributed by atoms with Gasteiger partial charge in [-0.2, -0.15) is 0 Å². The highest BCUT2D eigenvalue weighted by atomic mass is 32.1. The minimum absolute atomic E-state index is 0.0167. The van der Waals surface area contributed by atoms with Crippen molar-refractivity contribution in [1.29, 1.82) is 0 Å². The van der Waals surface area contributed by atoms with Crippen LogP contribution in [0.3, 0.4) is 0 Å². The van der Waals surface area contributed by atoms with Crippen LogP contribution >= 0.6 is 11.3 Å². The van der Waals surface area contributed by atoms with E-state index >= 15 is 0 Å². The molecule has 2 aromatic rings. The van der Waals surface area contributed by atoms with Crippen molar-refractivity contribution in [2.45, 2.75) is 38.1 Å². The van der Waals surface area contributed by atoms with E-state index in [1.807, 2.05) is 19.1 Å². The molecule has 1 aliphatic carbocycles. The largest absolute Gasteiger partial charge is 0.469 e. The van der Waals surface area contributed by atoms with Crippen LogP contribution in [-0.2, 0) is 6.42 Å². The van der Waals surface area contributed by atoms with Gasteiger partial charge in [-0.3, -0.25) is 5.32 Å². The van der Waals surface area contributed by atoms with Crippen LogP contribution < -0.4 is 10.6 Å². The number of amides is 2. The Bertz CT molecular complexity index is 577. The molecule has 1 saturated carbocycles. The maximum atomic E-state index is 11.8. The second-order valence-corrected chi connectivity index (χ2v) is 6.01. The molecule has 2 heterocycles. The number of anilines is 1. The van der Waals surface area contributed by atoms with E-state index in [1.165, 1.54) is 24.2 Å². The molecule has 2 aromatic heterocycles. The highest BCUT2D eigenvalue weighted by Gasteiger charge is 2.27. The van der Waals surface area contributed by atoms with Crippen LogP contribution in [0.5, 0.6) is 0 Å². The van der Waals surface area contributed by atoms with Gasteiger partial charge in [0.05, 0.1) is 6.26 Å². The van der Waals surface area contributed by atoms with Gasteiger partial charge in [-0.15, -0.1) is 10.2 Å². The third kappa shape index (κ3) is 3.36. The van der Waals surface area contributed by atoms with Crippen molar-refractivity contribution in [3.05, 3.63) is 29.2 Å². The number of nitrogens with zero attached hydrogens (tertiary/aromatic N) is 2. The first kappa shape index (κ1) is 13.1. The summed E-state index contributed by atoms with van der Waals surface area (Å²) in [5.74, 6) is 1.41.